The van der Waals surface area contributed by atoms with E-state index in [0.29, 0.717) is 25.0 Å². The summed E-state index contributed by atoms with van der Waals surface area (Å²) >= 11 is 0. The Hall–Kier alpha value is -1.56. The molecule has 1 aromatic rings. The number of benzene rings is 1. The number of carbonyl (C=O) groups excluding carboxylic acids is 1. The maximum absolute atomic E-state index is 13.3. The van der Waals surface area contributed by atoms with Crippen LogP contribution in [0.15, 0.2) is 12.1 Å². The van der Waals surface area contributed by atoms with E-state index in [4.69, 9.17) is 5.73 Å². The lowest BCUT2D eigenvalue weighted by molar-refractivity contribution is -0.120. The van der Waals surface area contributed by atoms with Crippen molar-refractivity contribution in [3.05, 3.63) is 29.6 Å². The molecule has 1 aliphatic carbocycles. The van der Waals surface area contributed by atoms with Crippen molar-refractivity contribution in [1.29, 1.82) is 0 Å². The van der Waals surface area contributed by atoms with E-state index < -0.39 is 34.5 Å². The van der Waals surface area contributed by atoms with E-state index in [2.05, 4.69) is 5.32 Å². The molecule has 0 atom stereocenters. The molecule has 0 saturated heterocycles. The van der Waals surface area contributed by atoms with Gasteiger partial charge in [0.2, 0.25) is 5.91 Å². The summed E-state index contributed by atoms with van der Waals surface area (Å²) in [4.78, 5) is 11.7. The second-order valence-corrected chi connectivity index (χ2v) is 4.18. The molecule has 0 aliphatic heterocycles. The van der Waals surface area contributed by atoms with Crippen molar-refractivity contribution >= 4 is 11.6 Å². The summed E-state index contributed by atoms with van der Waals surface area (Å²) in [6.07, 6.45) is 1.19. The van der Waals surface area contributed by atoms with E-state index in [-0.39, 0.29) is 6.54 Å². The fourth-order valence-corrected chi connectivity index (χ4v) is 1.58. The lowest BCUT2D eigenvalue weighted by atomic mass is 10.1. The quantitative estimate of drug-likeness (QED) is 0.851. The van der Waals surface area contributed by atoms with Gasteiger partial charge in [-0.2, -0.15) is 0 Å². The van der Waals surface area contributed by atoms with Crippen molar-refractivity contribution in [2.75, 3.05) is 11.9 Å². The SMILES string of the molecule is NCC1(C(=O)Nc2c(F)cc(F)cc2F)CC1. The molecule has 0 heterocycles. The van der Waals surface area contributed by atoms with Crippen LogP contribution in [0.25, 0.3) is 0 Å². The second-order valence-electron chi connectivity index (χ2n) is 4.18. The topological polar surface area (TPSA) is 55.1 Å². The van der Waals surface area contributed by atoms with Gasteiger partial charge in [0.25, 0.3) is 0 Å². The number of amides is 1. The number of nitrogens with two attached hydrogens (primary N) is 1. The molecule has 92 valence electrons. The van der Waals surface area contributed by atoms with Gasteiger partial charge in [0.1, 0.15) is 11.5 Å². The molecule has 1 saturated carbocycles. The van der Waals surface area contributed by atoms with E-state index in [9.17, 15) is 18.0 Å². The van der Waals surface area contributed by atoms with Gasteiger partial charge in [-0.15, -0.1) is 0 Å². The molecule has 6 heteroatoms. The molecule has 1 aromatic carbocycles. The molecular formula is C11H11F3N2O. The predicted molar refractivity (Wildman–Crippen MR) is 55.7 cm³/mol. The number of carbonyl (C=O) groups is 1. The zero-order chi connectivity index (χ0) is 12.6. The highest BCUT2D eigenvalue weighted by Gasteiger charge is 2.48. The molecule has 1 fully saturated rings. The fourth-order valence-electron chi connectivity index (χ4n) is 1.58. The minimum Gasteiger partial charge on any atom is -0.329 e. The summed E-state index contributed by atoms with van der Waals surface area (Å²) in [6, 6.07) is 1.03. The van der Waals surface area contributed by atoms with E-state index in [1.807, 2.05) is 0 Å². The Labute approximate surface area is 95.8 Å². The zero-order valence-corrected chi connectivity index (χ0v) is 8.90. The Morgan fingerprint density at radius 3 is 2.24 bits per heavy atom. The highest BCUT2D eigenvalue weighted by molar-refractivity contribution is 5.97. The number of rotatable bonds is 3. The molecule has 1 aliphatic rings. The Morgan fingerprint density at radius 1 is 1.29 bits per heavy atom. The van der Waals surface area contributed by atoms with Gasteiger partial charge < -0.3 is 11.1 Å². The zero-order valence-electron chi connectivity index (χ0n) is 8.90. The fraction of sp³-hybridized carbons (Fsp3) is 0.364. The number of halogens is 3. The van der Waals surface area contributed by atoms with Crippen LogP contribution in [0.1, 0.15) is 12.8 Å². The maximum Gasteiger partial charge on any atom is 0.232 e. The minimum atomic E-state index is -1.14. The molecule has 0 radical (unpaired) electrons. The van der Waals surface area contributed by atoms with Crippen LogP contribution in [0, 0.1) is 22.9 Å². The van der Waals surface area contributed by atoms with Crippen LogP contribution in [-0.4, -0.2) is 12.5 Å². The summed E-state index contributed by atoms with van der Waals surface area (Å²) in [5.41, 5.74) is 4.07. The van der Waals surface area contributed by atoms with Crippen LogP contribution in [0.2, 0.25) is 0 Å². The first-order valence-electron chi connectivity index (χ1n) is 5.14. The molecular weight excluding hydrogens is 233 g/mol. The highest BCUT2D eigenvalue weighted by Crippen LogP contribution is 2.45. The van der Waals surface area contributed by atoms with Crippen LogP contribution >= 0.6 is 0 Å². The van der Waals surface area contributed by atoms with Crippen molar-refractivity contribution in [1.82, 2.24) is 0 Å². The number of hydrogen-bond donors (Lipinski definition) is 2. The van der Waals surface area contributed by atoms with Crippen LogP contribution in [-0.2, 0) is 4.79 Å². The van der Waals surface area contributed by atoms with Crippen LogP contribution in [0.3, 0.4) is 0 Å². The molecule has 2 rings (SSSR count). The monoisotopic (exact) mass is 244 g/mol. The number of nitrogens with one attached hydrogen (secondary N) is 1. The van der Waals surface area contributed by atoms with Gasteiger partial charge in [-0.1, -0.05) is 0 Å². The van der Waals surface area contributed by atoms with Gasteiger partial charge in [0.15, 0.2) is 11.6 Å². The summed E-state index contributed by atoms with van der Waals surface area (Å²) in [5.74, 6) is -3.82. The largest absolute Gasteiger partial charge is 0.329 e. The lowest BCUT2D eigenvalue weighted by Crippen LogP contribution is -2.31. The standard InChI is InChI=1S/C11H11F3N2O/c12-6-3-7(13)9(8(14)4-6)16-10(17)11(5-15)1-2-11/h3-4H,1-2,5,15H2,(H,16,17). The molecule has 0 unspecified atom stereocenters. The summed E-state index contributed by atoms with van der Waals surface area (Å²) < 4.78 is 39.2. The molecule has 3 nitrogen and oxygen atoms in total. The van der Waals surface area contributed by atoms with Gasteiger partial charge in [-0.3, -0.25) is 4.79 Å². The summed E-state index contributed by atoms with van der Waals surface area (Å²) in [7, 11) is 0. The van der Waals surface area contributed by atoms with Crippen molar-refractivity contribution < 1.29 is 18.0 Å². The van der Waals surface area contributed by atoms with Gasteiger partial charge >= 0.3 is 0 Å². The smallest absolute Gasteiger partial charge is 0.232 e. The summed E-state index contributed by atoms with van der Waals surface area (Å²) in [5, 5.41) is 2.12. The molecule has 1 amide bonds. The van der Waals surface area contributed by atoms with Gasteiger partial charge in [-0.05, 0) is 12.8 Å². The van der Waals surface area contributed by atoms with E-state index in [1.54, 1.807) is 0 Å². The average Bonchev–Trinajstić information content (AvgIpc) is 3.03. The Balaban J connectivity index is 2.22. The minimum absolute atomic E-state index is 0.128. The Bertz CT molecular complexity index is 449. The molecule has 3 N–H and O–H groups in total. The second kappa shape index (κ2) is 4.03. The molecule has 0 spiro atoms. The normalized spacial score (nSPS) is 16.7. The van der Waals surface area contributed by atoms with Gasteiger partial charge in [0.05, 0.1) is 5.41 Å². The van der Waals surface area contributed by atoms with Crippen LogP contribution in [0.4, 0.5) is 18.9 Å². The predicted octanol–water partition coefficient (Wildman–Crippen LogP) is 1.78. The third-order valence-corrected chi connectivity index (χ3v) is 2.97. The van der Waals surface area contributed by atoms with Gasteiger partial charge in [-0.25, -0.2) is 13.2 Å². The Morgan fingerprint density at radius 2 is 1.82 bits per heavy atom. The van der Waals surface area contributed by atoms with E-state index in [1.165, 1.54) is 0 Å². The van der Waals surface area contributed by atoms with Crippen LogP contribution in [0.5, 0.6) is 0 Å². The first-order valence-corrected chi connectivity index (χ1v) is 5.14. The van der Waals surface area contributed by atoms with E-state index >= 15 is 0 Å². The first kappa shape index (κ1) is 11.9. The maximum atomic E-state index is 13.3. The van der Waals surface area contributed by atoms with Crippen molar-refractivity contribution in [3.63, 3.8) is 0 Å². The van der Waals surface area contributed by atoms with Crippen molar-refractivity contribution in [3.8, 4) is 0 Å². The number of hydrogen-bond acceptors (Lipinski definition) is 2. The molecule has 0 aromatic heterocycles. The van der Waals surface area contributed by atoms with Crippen molar-refractivity contribution in [2.45, 2.75) is 12.8 Å². The average molecular weight is 244 g/mol. The van der Waals surface area contributed by atoms with Crippen LogP contribution < -0.4 is 11.1 Å². The van der Waals surface area contributed by atoms with Gasteiger partial charge in [0, 0.05) is 18.7 Å². The Kier molecular flexibility index (Phi) is 2.82. The number of anilines is 1. The molecule has 0 bridgehead atoms. The highest BCUT2D eigenvalue weighted by atomic mass is 19.1. The lowest BCUT2D eigenvalue weighted by Gasteiger charge is -2.13. The van der Waals surface area contributed by atoms with Crippen molar-refractivity contribution in [2.24, 2.45) is 11.1 Å². The summed E-state index contributed by atoms with van der Waals surface area (Å²) in [6.45, 7) is 0.128. The van der Waals surface area contributed by atoms with E-state index in [0.717, 1.165) is 0 Å². The third kappa shape index (κ3) is 2.12. The third-order valence-electron chi connectivity index (χ3n) is 2.97. The first-order chi connectivity index (χ1) is 7.98. The molecule has 17 heavy (non-hydrogen) atoms.